The van der Waals surface area contributed by atoms with E-state index in [9.17, 15) is 4.21 Å². The van der Waals surface area contributed by atoms with Gasteiger partial charge in [0.05, 0.1) is 10.8 Å². The van der Waals surface area contributed by atoms with E-state index in [2.05, 4.69) is 23.2 Å². The molecular weight excluding hydrogens is 294 g/mol. The van der Waals surface area contributed by atoms with E-state index >= 15 is 0 Å². The zero-order chi connectivity index (χ0) is 15.1. The second-order valence-corrected chi connectivity index (χ2v) is 7.28. The van der Waals surface area contributed by atoms with Gasteiger partial charge < -0.3 is 4.74 Å². The molecule has 0 unspecified atom stereocenters. The Morgan fingerprint density at radius 1 is 1.18 bits per heavy atom. The highest BCUT2D eigenvalue weighted by Crippen LogP contribution is 2.39. The maximum Gasteiger partial charge on any atom is 0.197 e. The van der Waals surface area contributed by atoms with Crippen molar-refractivity contribution >= 4 is 16.7 Å². The molecule has 112 valence electrons. The molecule has 22 heavy (non-hydrogen) atoms. The fourth-order valence-corrected chi connectivity index (χ4v) is 4.09. The van der Waals surface area contributed by atoms with Gasteiger partial charge in [-0.25, -0.2) is 4.99 Å². The molecule has 2 aromatic carbocycles. The average Bonchev–Trinajstić information content (AvgIpc) is 3.05. The Morgan fingerprint density at radius 3 is 2.77 bits per heavy atom. The summed E-state index contributed by atoms with van der Waals surface area (Å²) in [5.74, 6) is 0.988. The zero-order valence-corrected chi connectivity index (χ0v) is 13.2. The van der Waals surface area contributed by atoms with Crippen LogP contribution < -0.4 is 0 Å². The van der Waals surface area contributed by atoms with Gasteiger partial charge in [0.1, 0.15) is 17.9 Å². The Bertz CT molecular complexity index is 767. The molecule has 0 N–H and O–H groups in total. The van der Waals surface area contributed by atoms with Gasteiger partial charge in [-0.1, -0.05) is 42.0 Å². The van der Waals surface area contributed by atoms with Crippen molar-refractivity contribution in [2.75, 3.05) is 5.75 Å². The van der Waals surface area contributed by atoms with Gasteiger partial charge in [0.15, 0.2) is 5.90 Å². The number of rotatable bonds is 3. The standard InChI is InChI=1S/C18H17NO2S/c1-12-6-8-14(9-7-12)22(20)11-17-19-18-15-5-3-2-4-13(15)10-16(18)21-17/h2-9,16,18H,10-11H2,1H3/t16-,18+,22-/m1/s1. The second-order valence-electron chi connectivity index (χ2n) is 5.83. The summed E-state index contributed by atoms with van der Waals surface area (Å²) < 4.78 is 18.4. The summed E-state index contributed by atoms with van der Waals surface area (Å²) in [6.45, 7) is 2.02. The summed E-state index contributed by atoms with van der Waals surface area (Å²) in [5.41, 5.74) is 3.74. The summed E-state index contributed by atoms with van der Waals surface area (Å²) in [6.07, 6.45) is 0.979. The van der Waals surface area contributed by atoms with Crippen LogP contribution in [0, 0.1) is 6.92 Å². The maximum absolute atomic E-state index is 12.4. The van der Waals surface area contributed by atoms with Crippen molar-refractivity contribution in [2.45, 2.75) is 30.4 Å². The Hall–Kier alpha value is -1.94. The molecule has 0 radical (unpaired) electrons. The molecule has 0 bridgehead atoms. The van der Waals surface area contributed by atoms with Gasteiger partial charge in [-0.15, -0.1) is 0 Å². The van der Waals surface area contributed by atoms with Crippen LogP contribution in [0.1, 0.15) is 22.7 Å². The Morgan fingerprint density at radius 2 is 1.95 bits per heavy atom. The van der Waals surface area contributed by atoms with E-state index in [0.29, 0.717) is 11.7 Å². The van der Waals surface area contributed by atoms with Gasteiger partial charge in [0, 0.05) is 11.3 Å². The SMILES string of the molecule is Cc1ccc([S@](=O)CC2=N[C@H]3c4ccccc4C[C@H]3O2)cc1. The van der Waals surface area contributed by atoms with Crippen molar-refractivity contribution in [3.8, 4) is 0 Å². The summed E-state index contributed by atoms with van der Waals surface area (Å²) in [7, 11) is -1.10. The lowest BCUT2D eigenvalue weighted by Gasteiger charge is -2.08. The van der Waals surface area contributed by atoms with E-state index in [0.717, 1.165) is 11.3 Å². The van der Waals surface area contributed by atoms with Crippen LogP contribution in [0.5, 0.6) is 0 Å². The second kappa shape index (κ2) is 5.36. The van der Waals surface area contributed by atoms with Crippen LogP contribution in [0.15, 0.2) is 58.4 Å². The molecule has 3 nitrogen and oxygen atoms in total. The lowest BCUT2D eigenvalue weighted by atomic mass is 10.1. The minimum absolute atomic E-state index is 0.0845. The van der Waals surface area contributed by atoms with Crippen LogP contribution in [0.25, 0.3) is 0 Å². The molecule has 4 rings (SSSR count). The summed E-state index contributed by atoms with van der Waals surface area (Å²) >= 11 is 0. The first-order valence-corrected chi connectivity index (χ1v) is 8.79. The lowest BCUT2D eigenvalue weighted by Crippen LogP contribution is -2.17. The van der Waals surface area contributed by atoms with Gasteiger partial charge in [0.2, 0.25) is 0 Å². The monoisotopic (exact) mass is 311 g/mol. The summed E-state index contributed by atoms with van der Waals surface area (Å²) in [6, 6.07) is 16.2. The van der Waals surface area contributed by atoms with Crippen molar-refractivity contribution in [1.29, 1.82) is 0 Å². The molecule has 3 atom stereocenters. The highest BCUT2D eigenvalue weighted by molar-refractivity contribution is 7.85. The third-order valence-corrected chi connectivity index (χ3v) is 5.56. The van der Waals surface area contributed by atoms with Crippen LogP contribution in [0.4, 0.5) is 0 Å². The van der Waals surface area contributed by atoms with E-state index in [1.165, 1.54) is 16.7 Å². The third kappa shape index (κ3) is 2.37. The molecule has 0 saturated heterocycles. The largest absolute Gasteiger partial charge is 0.474 e. The minimum atomic E-state index is -1.10. The van der Waals surface area contributed by atoms with E-state index in [-0.39, 0.29) is 12.1 Å². The number of hydrogen-bond acceptors (Lipinski definition) is 3. The molecule has 0 spiro atoms. The highest BCUT2D eigenvalue weighted by Gasteiger charge is 2.39. The molecule has 0 fully saturated rings. The van der Waals surface area contributed by atoms with Crippen LogP contribution in [0.2, 0.25) is 0 Å². The number of benzene rings is 2. The predicted octanol–water partition coefficient (Wildman–Crippen LogP) is 3.20. The Labute approximate surface area is 132 Å². The van der Waals surface area contributed by atoms with E-state index in [1.807, 2.05) is 37.3 Å². The smallest absolute Gasteiger partial charge is 0.197 e. The molecule has 2 aliphatic rings. The predicted molar refractivity (Wildman–Crippen MR) is 87.6 cm³/mol. The molecule has 1 aliphatic carbocycles. The molecule has 2 aromatic rings. The van der Waals surface area contributed by atoms with E-state index < -0.39 is 10.8 Å². The maximum atomic E-state index is 12.4. The van der Waals surface area contributed by atoms with Crippen molar-refractivity contribution in [3.05, 3.63) is 65.2 Å². The van der Waals surface area contributed by atoms with E-state index in [1.54, 1.807) is 0 Å². The number of aryl methyl sites for hydroxylation is 1. The van der Waals surface area contributed by atoms with E-state index in [4.69, 9.17) is 4.74 Å². The third-order valence-electron chi connectivity index (χ3n) is 4.26. The number of hydrogen-bond donors (Lipinski definition) is 0. The van der Waals surface area contributed by atoms with Crippen LogP contribution in [-0.4, -0.2) is 22.0 Å². The minimum Gasteiger partial charge on any atom is -0.474 e. The van der Waals surface area contributed by atoms with Crippen molar-refractivity contribution < 1.29 is 8.95 Å². The van der Waals surface area contributed by atoms with Crippen molar-refractivity contribution in [2.24, 2.45) is 4.99 Å². The van der Waals surface area contributed by atoms with Gasteiger partial charge in [-0.2, -0.15) is 0 Å². The van der Waals surface area contributed by atoms with Crippen LogP contribution >= 0.6 is 0 Å². The molecular formula is C18H17NO2S. The first-order chi connectivity index (χ1) is 10.7. The van der Waals surface area contributed by atoms with Gasteiger partial charge in [-0.3, -0.25) is 4.21 Å². The first-order valence-electron chi connectivity index (χ1n) is 7.47. The number of nitrogens with zero attached hydrogens (tertiary/aromatic N) is 1. The molecule has 4 heteroatoms. The summed E-state index contributed by atoms with van der Waals surface area (Å²) in [5, 5.41) is 0. The Balaban J connectivity index is 1.52. The normalized spacial score (nSPS) is 23.4. The van der Waals surface area contributed by atoms with Crippen LogP contribution in [-0.2, 0) is 22.0 Å². The molecule has 1 heterocycles. The van der Waals surface area contributed by atoms with Crippen molar-refractivity contribution in [3.63, 3.8) is 0 Å². The zero-order valence-electron chi connectivity index (χ0n) is 12.4. The molecule has 0 amide bonds. The average molecular weight is 311 g/mol. The molecule has 0 saturated carbocycles. The quantitative estimate of drug-likeness (QED) is 0.873. The molecule has 1 aliphatic heterocycles. The first kappa shape index (κ1) is 13.7. The Kier molecular flexibility index (Phi) is 3.34. The fraction of sp³-hybridized carbons (Fsp3) is 0.278. The topological polar surface area (TPSA) is 38.7 Å². The fourth-order valence-electron chi connectivity index (χ4n) is 3.11. The lowest BCUT2D eigenvalue weighted by molar-refractivity contribution is 0.205. The summed E-state index contributed by atoms with van der Waals surface area (Å²) in [4.78, 5) is 5.50. The highest BCUT2D eigenvalue weighted by atomic mass is 32.2. The van der Waals surface area contributed by atoms with Gasteiger partial charge >= 0.3 is 0 Å². The van der Waals surface area contributed by atoms with Crippen molar-refractivity contribution in [1.82, 2.24) is 0 Å². The van der Waals surface area contributed by atoms with Gasteiger partial charge in [-0.05, 0) is 30.2 Å². The number of fused-ring (bicyclic) bond motifs is 3. The van der Waals surface area contributed by atoms with Gasteiger partial charge in [0.25, 0.3) is 0 Å². The number of ether oxygens (including phenoxy) is 1. The van der Waals surface area contributed by atoms with Crippen LogP contribution in [0.3, 0.4) is 0 Å². The number of aliphatic imine (C=N–C) groups is 1. The molecule has 0 aromatic heterocycles.